The molecular formula is C34H36FN7O3S. The molecule has 12 heteroatoms. The fourth-order valence-electron chi connectivity index (χ4n) is 6.72. The monoisotopic (exact) mass is 641 g/mol. The number of aromatic nitrogens is 4. The lowest BCUT2D eigenvalue weighted by Gasteiger charge is -2.35. The van der Waals surface area contributed by atoms with Crippen LogP contribution in [0, 0.1) is 12.7 Å². The van der Waals surface area contributed by atoms with Crippen LogP contribution in [0.1, 0.15) is 35.6 Å². The number of benzene rings is 2. The second-order valence-corrected chi connectivity index (χ2v) is 13.4. The standard InChI is InChI=1S/C34H36FN7O3S/c1-24-25(6-3-11-31(24)46(43,44)45)15-17-39-18-20-40(21-19-39)33-12-4-9-28(37-33)30-23-36-32-13-14-34(38-42(30)32)41-16-5-10-29(41)26-7-2-8-27(35)22-26/h2-4,6-9,11-14,22-23,29H,5,10,15-21H2,1H3,(H,43,44,45). The lowest BCUT2D eigenvalue weighted by Crippen LogP contribution is -2.47. The Balaban J connectivity index is 1.05. The van der Waals surface area contributed by atoms with Crippen LogP contribution >= 0.6 is 0 Å². The Bertz CT molecular complexity index is 1990. The molecule has 2 fully saturated rings. The molecule has 2 aromatic carbocycles. The lowest BCUT2D eigenvalue weighted by molar-refractivity contribution is 0.260. The molecule has 1 unspecified atom stereocenters. The van der Waals surface area contributed by atoms with E-state index in [1.54, 1.807) is 25.1 Å². The number of nitrogens with zero attached hydrogens (tertiary/aromatic N) is 7. The predicted molar refractivity (Wildman–Crippen MR) is 175 cm³/mol. The van der Waals surface area contributed by atoms with Crippen LogP contribution in [0.5, 0.6) is 0 Å². The van der Waals surface area contributed by atoms with Gasteiger partial charge in [-0.25, -0.2) is 18.9 Å². The number of piperazine rings is 1. The molecule has 7 rings (SSSR count). The molecule has 5 aromatic rings. The van der Waals surface area contributed by atoms with Crippen LogP contribution in [-0.4, -0.2) is 76.7 Å². The first-order chi connectivity index (χ1) is 22.2. The van der Waals surface area contributed by atoms with Gasteiger partial charge in [0.15, 0.2) is 5.65 Å². The maximum absolute atomic E-state index is 14.0. The van der Waals surface area contributed by atoms with Crippen molar-refractivity contribution >= 4 is 27.4 Å². The zero-order valence-corrected chi connectivity index (χ0v) is 26.4. The minimum absolute atomic E-state index is 0.0257. The number of hydrogen-bond acceptors (Lipinski definition) is 8. The van der Waals surface area contributed by atoms with Gasteiger partial charge in [-0.15, -0.1) is 5.10 Å². The molecule has 5 heterocycles. The molecule has 0 radical (unpaired) electrons. The van der Waals surface area contributed by atoms with Crippen molar-refractivity contribution in [1.29, 1.82) is 0 Å². The van der Waals surface area contributed by atoms with E-state index < -0.39 is 10.1 Å². The summed E-state index contributed by atoms with van der Waals surface area (Å²) >= 11 is 0. The molecule has 2 saturated heterocycles. The number of hydrogen-bond donors (Lipinski definition) is 1. The van der Waals surface area contributed by atoms with E-state index in [4.69, 9.17) is 10.1 Å². The summed E-state index contributed by atoms with van der Waals surface area (Å²) in [6.07, 6.45) is 4.46. The third-order valence-corrected chi connectivity index (χ3v) is 10.2. The van der Waals surface area contributed by atoms with E-state index in [1.165, 1.54) is 12.1 Å². The molecule has 0 spiro atoms. The van der Waals surface area contributed by atoms with Crippen molar-refractivity contribution in [3.8, 4) is 11.4 Å². The Kier molecular flexibility index (Phi) is 8.18. The molecule has 3 aromatic heterocycles. The Morgan fingerprint density at radius 3 is 2.54 bits per heavy atom. The van der Waals surface area contributed by atoms with Gasteiger partial charge in [-0.2, -0.15) is 8.42 Å². The Hall–Kier alpha value is -4.39. The van der Waals surface area contributed by atoms with Gasteiger partial charge >= 0.3 is 0 Å². The average Bonchev–Trinajstić information content (AvgIpc) is 3.72. The largest absolute Gasteiger partial charge is 0.354 e. The first kappa shape index (κ1) is 30.3. The smallest absolute Gasteiger partial charge is 0.294 e. The van der Waals surface area contributed by atoms with Gasteiger partial charge in [-0.05, 0) is 85.3 Å². The number of halogens is 1. The quantitative estimate of drug-likeness (QED) is 0.229. The second kappa shape index (κ2) is 12.4. The van der Waals surface area contributed by atoms with Crippen molar-refractivity contribution in [2.75, 3.05) is 49.1 Å². The van der Waals surface area contributed by atoms with Crippen LogP contribution in [0.4, 0.5) is 16.0 Å². The molecule has 0 bridgehead atoms. The SMILES string of the molecule is Cc1c(CCN2CCN(c3cccc(-c4cnc5ccc(N6CCCC6c6cccc(F)c6)nn45)n3)CC2)cccc1S(=O)(=O)O. The van der Waals surface area contributed by atoms with Crippen LogP contribution < -0.4 is 9.80 Å². The summed E-state index contributed by atoms with van der Waals surface area (Å²) in [6, 6.07) is 21.9. The van der Waals surface area contributed by atoms with Crippen LogP contribution in [0.15, 0.2) is 83.9 Å². The van der Waals surface area contributed by atoms with Gasteiger partial charge in [0.05, 0.1) is 22.8 Å². The lowest BCUT2D eigenvalue weighted by atomic mass is 10.0. The van der Waals surface area contributed by atoms with E-state index in [9.17, 15) is 17.4 Å². The van der Waals surface area contributed by atoms with Gasteiger partial charge in [-0.3, -0.25) is 9.45 Å². The number of pyridine rings is 1. The minimum atomic E-state index is -4.24. The molecule has 0 amide bonds. The molecule has 1 N–H and O–H groups in total. The number of fused-ring (bicyclic) bond motifs is 1. The van der Waals surface area contributed by atoms with Crippen LogP contribution in [0.25, 0.3) is 17.0 Å². The predicted octanol–water partition coefficient (Wildman–Crippen LogP) is 5.19. The highest BCUT2D eigenvalue weighted by Gasteiger charge is 2.28. The molecule has 10 nitrogen and oxygen atoms in total. The molecule has 46 heavy (non-hydrogen) atoms. The van der Waals surface area contributed by atoms with Crippen molar-refractivity contribution in [2.24, 2.45) is 0 Å². The van der Waals surface area contributed by atoms with Gasteiger partial charge in [0, 0.05) is 39.3 Å². The van der Waals surface area contributed by atoms with Gasteiger partial charge in [0.1, 0.15) is 23.1 Å². The topological polar surface area (TPSA) is 107 Å². The molecule has 1 atom stereocenters. The third-order valence-electron chi connectivity index (χ3n) is 9.19. The van der Waals surface area contributed by atoms with Crippen molar-refractivity contribution in [3.63, 3.8) is 0 Å². The summed E-state index contributed by atoms with van der Waals surface area (Å²) in [5, 5.41) is 4.99. The summed E-state index contributed by atoms with van der Waals surface area (Å²) in [5.74, 6) is 1.49. The summed E-state index contributed by atoms with van der Waals surface area (Å²) in [4.78, 5) is 16.5. The van der Waals surface area contributed by atoms with Crippen LogP contribution in [0.2, 0.25) is 0 Å². The van der Waals surface area contributed by atoms with Crippen molar-refractivity contribution in [1.82, 2.24) is 24.5 Å². The molecule has 2 aliphatic rings. The molecular weight excluding hydrogens is 605 g/mol. The Labute approximate surface area is 267 Å². The van der Waals surface area contributed by atoms with E-state index in [1.807, 2.05) is 53.2 Å². The fraction of sp³-hybridized carbons (Fsp3) is 0.324. The first-order valence-electron chi connectivity index (χ1n) is 15.6. The fourth-order valence-corrected chi connectivity index (χ4v) is 7.49. The van der Waals surface area contributed by atoms with Gasteiger partial charge < -0.3 is 9.80 Å². The first-order valence-corrected chi connectivity index (χ1v) is 17.1. The van der Waals surface area contributed by atoms with Crippen molar-refractivity contribution in [3.05, 3.63) is 102 Å². The average molecular weight is 642 g/mol. The number of rotatable bonds is 8. The zero-order chi connectivity index (χ0) is 31.8. The molecule has 0 aliphatic carbocycles. The van der Waals surface area contributed by atoms with Crippen molar-refractivity contribution < 1.29 is 17.4 Å². The maximum Gasteiger partial charge on any atom is 0.294 e. The summed E-state index contributed by atoms with van der Waals surface area (Å²) in [6.45, 7) is 6.71. The summed E-state index contributed by atoms with van der Waals surface area (Å²) in [7, 11) is -4.24. The molecule has 2 aliphatic heterocycles. The number of anilines is 2. The van der Waals surface area contributed by atoms with E-state index in [2.05, 4.69) is 19.7 Å². The highest BCUT2D eigenvalue weighted by molar-refractivity contribution is 7.85. The Morgan fingerprint density at radius 2 is 1.74 bits per heavy atom. The highest BCUT2D eigenvalue weighted by Crippen LogP contribution is 2.36. The van der Waals surface area contributed by atoms with Crippen LogP contribution in [-0.2, 0) is 16.5 Å². The van der Waals surface area contributed by atoms with Gasteiger partial charge in [0.2, 0.25) is 0 Å². The Morgan fingerprint density at radius 1 is 0.935 bits per heavy atom. The number of imidazole rings is 1. The summed E-state index contributed by atoms with van der Waals surface area (Å²) < 4.78 is 48.8. The molecule has 238 valence electrons. The third kappa shape index (κ3) is 6.07. The molecule has 0 saturated carbocycles. The van der Waals surface area contributed by atoms with E-state index in [0.29, 0.717) is 12.0 Å². The van der Waals surface area contributed by atoms with E-state index >= 15 is 0 Å². The normalized spacial score (nSPS) is 17.7. The van der Waals surface area contributed by atoms with E-state index in [-0.39, 0.29) is 16.8 Å². The summed E-state index contributed by atoms with van der Waals surface area (Å²) in [5.41, 5.74) is 4.81. The zero-order valence-electron chi connectivity index (χ0n) is 25.6. The second-order valence-electron chi connectivity index (χ2n) is 12.0. The maximum atomic E-state index is 14.0. The highest BCUT2D eigenvalue weighted by atomic mass is 32.2. The minimum Gasteiger partial charge on any atom is -0.354 e. The van der Waals surface area contributed by atoms with E-state index in [0.717, 1.165) is 91.9 Å². The van der Waals surface area contributed by atoms with Gasteiger partial charge in [0.25, 0.3) is 10.1 Å². The van der Waals surface area contributed by atoms with Crippen molar-refractivity contribution in [2.45, 2.75) is 37.1 Å². The van der Waals surface area contributed by atoms with Gasteiger partial charge in [-0.1, -0.05) is 30.3 Å². The van der Waals surface area contributed by atoms with Crippen LogP contribution in [0.3, 0.4) is 0 Å².